The minimum atomic E-state index is -0.926. The molecule has 31 heavy (non-hydrogen) atoms. The van der Waals surface area contributed by atoms with Crippen molar-refractivity contribution in [1.29, 1.82) is 0 Å². The lowest BCUT2D eigenvalue weighted by molar-refractivity contribution is -0.0566. The van der Waals surface area contributed by atoms with Gasteiger partial charge in [-0.1, -0.05) is 6.07 Å². The fraction of sp³-hybridized carbons (Fsp3) is 0.400. The van der Waals surface area contributed by atoms with Crippen molar-refractivity contribution in [3.05, 3.63) is 51.5 Å². The average molecular weight is 434 g/mol. The number of hydrogen-bond donors (Lipinski definition) is 2. The highest BCUT2D eigenvalue weighted by atomic mass is 19.1. The van der Waals surface area contributed by atoms with Crippen LogP contribution >= 0.6 is 0 Å². The van der Waals surface area contributed by atoms with Crippen molar-refractivity contribution in [1.82, 2.24) is 19.8 Å². The number of halogens is 1. The fourth-order valence-electron chi connectivity index (χ4n) is 3.04. The van der Waals surface area contributed by atoms with Crippen LogP contribution in [0.5, 0.6) is 11.5 Å². The lowest BCUT2D eigenvalue weighted by atomic mass is 10.1. The zero-order chi connectivity index (χ0) is 22.9. The second-order valence-electron chi connectivity index (χ2n) is 7.65. The van der Waals surface area contributed by atoms with E-state index in [2.05, 4.69) is 10.3 Å². The molecule has 1 aliphatic heterocycles. The molecule has 0 saturated heterocycles. The molecule has 1 aromatic heterocycles. The third-order valence-corrected chi connectivity index (χ3v) is 4.71. The summed E-state index contributed by atoms with van der Waals surface area (Å²) < 4.78 is 25.6. The van der Waals surface area contributed by atoms with Crippen LogP contribution < -0.4 is 15.6 Å². The summed E-state index contributed by atoms with van der Waals surface area (Å²) in [6.07, 6.45) is -0.720. The molecule has 0 fully saturated rings. The fourth-order valence-corrected chi connectivity index (χ4v) is 3.04. The number of aromatic nitrogens is 2. The van der Waals surface area contributed by atoms with E-state index < -0.39 is 40.4 Å². The maximum atomic E-state index is 13.6. The van der Waals surface area contributed by atoms with Gasteiger partial charge in [0.2, 0.25) is 5.75 Å². The van der Waals surface area contributed by atoms with Crippen LogP contribution in [-0.2, 0) is 23.4 Å². The summed E-state index contributed by atoms with van der Waals surface area (Å²) in [4.78, 5) is 42.3. The first-order chi connectivity index (χ1) is 14.5. The topological polar surface area (TPSA) is 123 Å². The molecular weight excluding hydrogens is 411 g/mol. The molecule has 2 amide bonds. The van der Waals surface area contributed by atoms with Crippen molar-refractivity contribution in [3.8, 4) is 11.5 Å². The van der Waals surface area contributed by atoms with Crippen molar-refractivity contribution in [2.24, 2.45) is 0 Å². The zero-order valence-corrected chi connectivity index (χ0v) is 17.6. The Balaban J connectivity index is 1.86. The summed E-state index contributed by atoms with van der Waals surface area (Å²) >= 11 is 0. The van der Waals surface area contributed by atoms with E-state index in [1.807, 2.05) is 0 Å². The van der Waals surface area contributed by atoms with E-state index in [1.54, 1.807) is 13.8 Å². The number of nitrogens with zero attached hydrogens (tertiary/aromatic N) is 3. The van der Waals surface area contributed by atoms with E-state index in [9.17, 15) is 23.9 Å². The Morgan fingerprint density at radius 2 is 2.10 bits per heavy atom. The first-order valence-electron chi connectivity index (χ1n) is 9.45. The number of aromatic hydroxyl groups is 1. The van der Waals surface area contributed by atoms with Crippen molar-refractivity contribution < 1.29 is 28.6 Å². The number of ether oxygens (including phenoxy) is 2. The third-order valence-electron chi connectivity index (χ3n) is 4.71. The van der Waals surface area contributed by atoms with Crippen molar-refractivity contribution in [2.75, 3.05) is 20.7 Å². The molecule has 1 aliphatic rings. The first kappa shape index (κ1) is 22.2. The predicted octanol–water partition coefficient (Wildman–Crippen LogP) is 1.34. The summed E-state index contributed by atoms with van der Waals surface area (Å²) in [6.45, 7) is 3.70. The smallest absolute Gasteiger partial charge is 0.414 e. The number of amides is 2. The summed E-state index contributed by atoms with van der Waals surface area (Å²) in [5, 5.41) is 12.7. The molecule has 0 atom stereocenters. The molecule has 0 radical (unpaired) electrons. The normalized spacial score (nSPS) is 14.5. The van der Waals surface area contributed by atoms with Crippen LogP contribution in [0.25, 0.3) is 0 Å². The van der Waals surface area contributed by atoms with Gasteiger partial charge in [0, 0.05) is 32.3 Å². The van der Waals surface area contributed by atoms with E-state index in [0.717, 1.165) is 12.1 Å². The van der Waals surface area contributed by atoms with Gasteiger partial charge in [-0.05, 0) is 19.9 Å². The Bertz CT molecular complexity index is 1100. The molecule has 0 spiro atoms. The van der Waals surface area contributed by atoms with Crippen LogP contribution in [0.3, 0.4) is 0 Å². The second-order valence-corrected chi connectivity index (χ2v) is 7.65. The van der Waals surface area contributed by atoms with Gasteiger partial charge < -0.3 is 24.8 Å². The molecule has 2 heterocycles. The Labute approximate surface area is 177 Å². The molecule has 2 aromatic rings. The number of nitrogens with one attached hydrogen (secondary N) is 1. The number of carbonyl (C=O) groups is 2. The summed E-state index contributed by atoms with van der Waals surface area (Å²) in [5.41, 5.74) is -1.81. The molecule has 2 N–H and O–H groups in total. The van der Waals surface area contributed by atoms with E-state index >= 15 is 0 Å². The Morgan fingerprint density at radius 3 is 2.77 bits per heavy atom. The lowest BCUT2D eigenvalue weighted by Gasteiger charge is -2.32. The van der Waals surface area contributed by atoms with Gasteiger partial charge in [-0.25, -0.2) is 14.2 Å². The summed E-state index contributed by atoms with van der Waals surface area (Å²) in [5.74, 6) is -2.09. The number of fused-ring (bicyclic) bond motifs is 1. The lowest BCUT2D eigenvalue weighted by Crippen LogP contribution is -2.42. The molecule has 0 aliphatic carbocycles. The predicted molar refractivity (Wildman–Crippen MR) is 106 cm³/mol. The van der Waals surface area contributed by atoms with Crippen molar-refractivity contribution in [3.63, 3.8) is 0 Å². The van der Waals surface area contributed by atoms with Crippen LogP contribution in [0, 0.1) is 5.82 Å². The Hall–Kier alpha value is -3.47. The van der Waals surface area contributed by atoms with Gasteiger partial charge in [0.25, 0.3) is 11.5 Å². The van der Waals surface area contributed by atoms with Crippen LogP contribution in [-0.4, -0.2) is 52.3 Å². The number of benzene rings is 1. The minimum absolute atomic E-state index is 0.0729. The largest absolute Gasteiger partial charge is 0.501 e. The standard InChI is InChI=1S/C20H23FN4O6/c1-20(2)18-23-14(15(26)17(28)25(18)7-8-30-20)16(27)22-10-11-5-6-12(21)9-13(11)31-19(29)24(3)4/h5-6,9,26H,7-8,10H2,1-4H3,(H,22,27). The van der Waals surface area contributed by atoms with Crippen molar-refractivity contribution >= 4 is 12.0 Å². The van der Waals surface area contributed by atoms with E-state index in [1.165, 1.54) is 29.6 Å². The van der Waals surface area contributed by atoms with Gasteiger partial charge in [0.05, 0.1) is 13.2 Å². The highest BCUT2D eigenvalue weighted by Crippen LogP contribution is 2.27. The Kier molecular flexibility index (Phi) is 5.98. The molecule has 10 nitrogen and oxygen atoms in total. The molecule has 166 valence electrons. The van der Waals surface area contributed by atoms with E-state index in [0.29, 0.717) is 5.56 Å². The molecule has 0 unspecified atom stereocenters. The molecule has 0 saturated carbocycles. The first-order valence-corrected chi connectivity index (χ1v) is 9.45. The van der Waals surface area contributed by atoms with Crippen LogP contribution in [0.4, 0.5) is 9.18 Å². The monoisotopic (exact) mass is 434 g/mol. The number of rotatable bonds is 4. The molecule has 3 rings (SSSR count). The van der Waals surface area contributed by atoms with E-state index in [4.69, 9.17) is 9.47 Å². The number of carbonyl (C=O) groups excluding carboxylic acids is 2. The molecular formula is C20H23FN4O6. The van der Waals surface area contributed by atoms with Crippen LogP contribution in [0.15, 0.2) is 23.0 Å². The van der Waals surface area contributed by atoms with Gasteiger partial charge in [0.1, 0.15) is 23.0 Å². The SMILES string of the molecule is CN(C)C(=O)Oc1cc(F)ccc1CNC(=O)c1nc2n(c(=O)c1O)CCOC2(C)C. The summed E-state index contributed by atoms with van der Waals surface area (Å²) in [6, 6.07) is 3.51. The molecule has 11 heteroatoms. The highest BCUT2D eigenvalue weighted by Gasteiger charge is 2.34. The van der Waals surface area contributed by atoms with Gasteiger partial charge in [-0.15, -0.1) is 0 Å². The Morgan fingerprint density at radius 1 is 1.39 bits per heavy atom. The van der Waals surface area contributed by atoms with Crippen molar-refractivity contribution in [2.45, 2.75) is 32.5 Å². The summed E-state index contributed by atoms with van der Waals surface area (Å²) in [7, 11) is 2.94. The van der Waals surface area contributed by atoms with Crippen LogP contribution in [0.2, 0.25) is 0 Å². The minimum Gasteiger partial charge on any atom is -0.501 e. The average Bonchev–Trinajstić information content (AvgIpc) is 2.69. The van der Waals surface area contributed by atoms with E-state index in [-0.39, 0.29) is 31.3 Å². The van der Waals surface area contributed by atoms with Gasteiger partial charge in [-0.2, -0.15) is 0 Å². The maximum absolute atomic E-state index is 13.6. The third kappa shape index (κ3) is 4.50. The highest BCUT2D eigenvalue weighted by molar-refractivity contribution is 5.94. The number of hydrogen-bond acceptors (Lipinski definition) is 7. The van der Waals surface area contributed by atoms with Crippen LogP contribution in [0.1, 0.15) is 35.7 Å². The zero-order valence-electron chi connectivity index (χ0n) is 17.6. The maximum Gasteiger partial charge on any atom is 0.414 e. The second kappa shape index (κ2) is 8.34. The molecule has 1 aromatic carbocycles. The van der Waals surface area contributed by atoms with Gasteiger partial charge in [-0.3, -0.25) is 14.2 Å². The van der Waals surface area contributed by atoms with Gasteiger partial charge >= 0.3 is 6.09 Å². The molecule has 0 bridgehead atoms. The van der Waals surface area contributed by atoms with Gasteiger partial charge in [0.15, 0.2) is 5.69 Å². The quantitative estimate of drug-likeness (QED) is 0.744.